The quantitative estimate of drug-likeness (QED) is 0.0618. The number of thioether (sulfide) groups is 1. The fourth-order valence-corrected chi connectivity index (χ4v) is 5.09. The second kappa shape index (κ2) is 13.8. The summed E-state index contributed by atoms with van der Waals surface area (Å²) in [5, 5.41) is 11.7. The third kappa shape index (κ3) is 7.36. The van der Waals surface area contributed by atoms with Crippen LogP contribution in [0.25, 0.3) is 5.69 Å². The van der Waals surface area contributed by atoms with E-state index in [0.29, 0.717) is 42.3 Å². The molecule has 0 fully saturated rings. The summed E-state index contributed by atoms with van der Waals surface area (Å²) in [6, 6.07) is 14.0. The van der Waals surface area contributed by atoms with E-state index in [0.717, 1.165) is 23.1 Å². The second-order valence-electron chi connectivity index (χ2n) is 8.88. The van der Waals surface area contributed by atoms with Gasteiger partial charge in [0.25, 0.3) is 0 Å². The number of hydrogen-bond acceptors (Lipinski definition) is 5. The average molecular weight is 611 g/mol. The van der Waals surface area contributed by atoms with E-state index in [1.807, 2.05) is 24.3 Å². The van der Waals surface area contributed by atoms with Gasteiger partial charge in [-0.25, -0.2) is 22.0 Å². The number of halogens is 6. The summed E-state index contributed by atoms with van der Waals surface area (Å²) < 4.78 is 75.9. The van der Waals surface area contributed by atoms with Crippen LogP contribution in [0.4, 0.5) is 22.0 Å². The largest absolute Gasteiger partial charge is 0.497 e. The number of amides is 1. The molecular formula is C28H24ClF5N4O2S. The van der Waals surface area contributed by atoms with E-state index in [2.05, 4.69) is 15.5 Å². The predicted octanol–water partition coefficient (Wildman–Crippen LogP) is 6.95. The first-order valence-corrected chi connectivity index (χ1v) is 13.8. The Hall–Kier alpha value is -3.64. The highest BCUT2D eigenvalue weighted by Gasteiger charge is 2.26. The fraction of sp³-hybridized carbons (Fsp3) is 0.250. The van der Waals surface area contributed by atoms with Gasteiger partial charge in [0.2, 0.25) is 11.7 Å². The first-order valence-electron chi connectivity index (χ1n) is 12.4. The number of nitrogens with one attached hydrogen (secondary N) is 1. The van der Waals surface area contributed by atoms with Gasteiger partial charge in [0.1, 0.15) is 11.6 Å². The van der Waals surface area contributed by atoms with Crippen LogP contribution in [0.5, 0.6) is 5.75 Å². The predicted molar refractivity (Wildman–Crippen MR) is 145 cm³/mol. The third-order valence-corrected chi connectivity index (χ3v) is 7.31. The monoisotopic (exact) mass is 610 g/mol. The molecule has 0 aliphatic rings. The molecule has 4 aromatic rings. The topological polar surface area (TPSA) is 69.0 Å². The zero-order valence-corrected chi connectivity index (χ0v) is 23.3. The lowest BCUT2D eigenvalue weighted by Crippen LogP contribution is -2.22. The SMILES string of the molecule is COc1ccc(CNC(=O)CCCCc2nnc(SCc3c(F)c(F)c(F)c(F)c3F)n2-c2cccc(Cl)c2)cc1. The molecule has 1 amide bonds. The summed E-state index contributed by atoms with van der Waals surface area (Å²) in [5.74, 6) is -9.52. The molecule has 1 N–H and O–H groups in total. The van der Waals surface area contributed by atoms with Crippen molar-refractivity contribution in [3.8, 4) is 11.4 Å². The molecule has 13 heteroatoms. The van der Waals surface area contributed by atoms with Crippen LogP contribution in [0.1, 0.15) is 36.2 Å². The Balaban J connectivity index is 1.41. The molecule has 216 valence electrons. The van der Waals surface area contributed by atoms with Gasteiger partial charge < -0.3 is 10.1 Å². The summed E-state index contributed by atoms with van der Waals surface area (Å²) in [6.07, 6.45) is 1.79. The molecule has 0 saturated heterocycles. The van der Waals surface area contributed by atoms with Crippen LogP contribution in [0.3, 0.4) is 0 Å². The summed E-state index contributed by atoms with van der Waals surface area (Å²) in [5.41, 5.74) is 0.522. The Morgan fingerprint density at radius 3 is 2.29 bits per heavy atom. The number of hydrogen-bond donors (Lipinski definition) is 1. The molecule has 3 aromatic carbocycles. The normalized spacial score (nSPS) is 11.1. The van der Waals surface area contributed by atoms with Crippen molar-refractivity contribution in [3.05, 3.63) is 99.6 Å². The minimum Gasteiger partial charge on any atom is -0.497 e. The number of methoxy groups -OCH3 is 1. The molecule has 41 heavy (non-hydrogen) atoms. The molecule has 1 aromatic heterocycles. The number of ether oxygens (including phenoxy) is 1. The number of aryl methyl sites for hydroxylation is 1. The number of rotatable bonds is 12. The Morgan fingerprint density at radius 1 is 0.951 bits per heavy atom. The zero-order chi connectivity index (χ0) is 29.5. The Bertz CT molecular complexity index is 1510. The highest BCUT2D eigenvalue weighted by atomic mass is 35.5. The molecule has 0 atom stereocenters. The number of aromatic nitrogens is 3. The number of carbonyl (C=O) groups excluding carboxylic acids is 1. The molecule has 0 aliphatic carbocycles. The second-order valence-corrected chi connectivity index (χ2v) is 10.3. The number of unbranched alkanes of at least 4 members (excludes halogenated alkanes) is 1. The first-order chi connectivity index (χ1) is 19.7. The van der Waals surface area contributed by atoms with E-state index in [9.17, 15) is 26.7 Å². The molecule has 0 saturated carbocycles. The van der Waals surface area contributed by atoms with Gasteiger partial charge in [0.05, 0.1) is 12.8 Å². The van der Waals surface area contributed by atoms with E-state index >= 15 is 0 Å². The summed E-state index contributed by atoms with van der Waals surface area (Å²) in [7, 11) is 1.58. The van der Waals surface area contributed by atoms with Crippen LogP contribution in [0.15, 0.2) is 53.7 Å². The molecular weight excluding hydrogens is 587 g/mol. The highest BCUT2D eigenvalue weighted by Crippen LogP contribution is 2.31. The average Bonchev–Trinajstić information content (AvgIpc) is 3.39. The highest BCUT2D eigenvalue weighted by molar-refractivity contribution is 7.98. The van der Waals surface area contributed by atoms with E-state index in [1.54, 1.807) is 35.9 Å². The van der Waals surface area contributed by atoms with Gasteiger partial charge in [-0.15, -0.1) is 10.2 Å². The maximum absolute atomic E-state index is 14.2. The van der Waals surface area contributed by atoms with Crippen molar-refractivity contribution < 1.29 is 31.5 Å². The van der Waals surface area contributed by atoms with Crippen LogP contribution in [0, 0.1) is 29.1 Å². The van der Waals surface area contributed by atoms with E-state index in [1.165, 1.54) is 0 Å². The van der Waals surface area contributed by atoms with Crippen LogP contribution >= 0.6 is 23.4 Å². The summed E-state index contributed by atoms with van der Waals surface area (Å²) in [4.78, 5) is 12.3. The molecule has 4 rings (SSSR count). The minimum absolute atomic E-state index is 0.115. The van der Waals surface area contributed by atoms with Crippen LogP contribution in [-0.2, 0) is 23.5 Å². The van der Waals surface area contributed by atoms with Gasteiger partial charge >= 0.3 is 0 Å². The summed E-state index contributed by atoms with van der Waals surface area (Å²) in [6.45, 7) is 0.384. The number of carbonyl (C=O) groups is 1. The van der Waals surface area contributed by atoms with Gasteiger partial charge in [-0.1, -0.05) is 41.6 Å². The Morgan fingerprint density at radius 2 is 1.63 bits per heavy atom. The summed E-state index contributed by atoms with van der Waals surface area (Å²) >= 11 is 6.91. The van der Waals surface area contributed by atoms with Gasteiger partial charge in [0.15, 0.2) is 28.4 Å². The Kier molecular flexibility index (Phi) is 10.2. The number of nitrogens with zero attached hydrogens (tertiary/aromatic N) is 3. The fourth-order valence-electron chi connectivity index (χ4n) is 3.95. The molecule has 0 bridgehead atoms. The van der Waals surface area contributed by atoms with Crippen molar-refractivity contribution in [2.24, 2.45) is 0 Å². The molecule has 0 aliphatic heterocycles. The molecule has 1 heterocycles. The van der Waals surface area contributed by atoms with E-state index in [-0.39, 0.29) is 17.5 Å². The lowest BCUT2D eigenvalue weighted by molar-refractivity contribution is -0.121. The van der Waals surface area contributed by atoms with Crippen molar-refractivity contribution >= 4 is 29.3 Å². The smallest absolute Gasteiger partial charge is 0.220 e. The Labute approximate surface area is 241 Å². The van der Waals surface area contributed by atoms with Crippen molar-refractivity contribution in [1.29, 1.82) is 0 Å². The van der Waals surface area contributed by atoms with Crippen molar-refractivity contribution in [3.63, 3.8) is 0 Å². The first kappa shape index (κ1) is 30.3. The van der Waals surface area contributed by atoms with Gasteiger partial charge in [-0.2, -0.15) is 0 Å². The molecule has 0 radical (unpaired) electrons. The van der Waals surface area contributed by atoms with Crippen LogP contribution in [0.2, 0.25) is 5.02 Å². The molecule has 0 spiro atoms. The van der Waals surface area contributed by atoms with Crippen LogP contribution < -0.4 is 10.1 Å². The number of benzene rings is 3. The lowest BCUT2D eigenvalue weighted by atomic mass is 10.1. The maximum Gasteiger partial charge on any atom is 0.220 e. The van der Waals surface area contributed by atoms with Crippen LogP contribution in [-0.4, -0.2) is 27.8 Å². The molecule has 0 unspecified atom stereocenters. The van der Waals surface area contributed by atoms with Crippen molar-refractivity contribution in [2.75, 3.05) is 7.11 Å². The van der Waals surface area contributed by atoms with Crippen molar-refractivity contribution in [1.82, 2.24) is 20.1 Å². The maximum atomic E-state index is 14.2. The lowest BCUT2D eigenvalue weighted by Gasteiger charge is -2.12. The van der Waals surface area contributed by atoms with E-state index in [4.69, 9.17) is 16.3 Å². The third-order valence-electron chi connectivity index (χ3n) is 6.12. The zero-order valence-electron chi connectivity index (χ0n) is 21.7. The van der Waals surface area contributed by atoms with E-state index < -0.39 is 40.4 Å². The van der Waals surface area contributed by atoms with Gasteiger partial charge in [-0.05, 0) is 48.7 Å². The van der Waals surface area contributed by atoms with Gasteiger partial charge in [-0.3, -0.25) is 9.36 Å². The van der Waals surface area contributed by atoms with Gasteiger partial charge in [0, 0.05) is 35.7 Å². The molecule has 6 nitrogen and oxygen atoms in total. The minimum atomic E-state index is -2.22. The van der Waals surface area contributed by atoms with Crippen molar-refractivity contribution in [2.45, 2.75) is 43.1 Å². The standard InChI is InChI=1S/C28H24ClF5N4O2S/c1-40-19-11-9-16(10-12-19)14-35-22(39)8-3-2-7-21-36-37-28(38(21)18-6-4-5-17(29)13-18)41-15-20-23(30)25(32)27(34)26(33)24(20)31/h4-6,9-13H,2-3,7-8,14-15H2,1H3,(H,35,39).